The predicted molar refractivity (Wildman–Crippen MR) is 88.0 cm³/mol. The Balaban J connectivity index is 1.69. The van der Waals surface area contributed by atoms with Gasteiger partial charge in [0, 0.05) is 11.5 Å². The average Bonchev–Trinajstić information content (AvgIpc) is 3.16. The third-order valence-corrected chi connectivity index (χ3v) is 4.95. The molecule has 0 aliphatic heterocycles. The Bertz CT molecular complexity index is 933. The summed E-state index contributed by atoms with van der Waals surface area (Å²) in [5, 5.41) is 13.1. The molecule has 6 heteroatoms. The van der Waals surface area contributed by atoms with Gasteiger partial charge in [0.15, 0.2) is 0 Å². The summed E-state index contributed by atoms with van der Waals surface area (Å²) >= 11 is 1.47. The molecule has 2 aromatic heterocycles. The number of fused-ring (bicyclic) bond motifs is 1. The second-order valence-electron chi connectivity index (χ2n) is 5.33. The number of hydrogen-bond donors (Lipinski definition) is 0. The molecule has 23 heavy (non-hydrogen) atoms. The van der Waals surface area contributed by atoms with Crippen LogP contribution in [0.1, 0.15) is 23.4 Å². The van der Waals surface area contributed by atoms with Crippen LogP contribution in [0.3, 0.4) is 0 Å². The molecule has 114 valence electrons. The van der Waals surface area contributed by atoms with E-state index >= 15 is 0 Å². The molecule has 4 aromatic rings. The highest BCUT2D eigenvalue weighted by molar-refractivity contribution is 7.16. The fourth-order valence-corrected chi connectivity index (χ4v) is 3.44. The third kappa shape index (κ3) is 2.51. The van der Waals surface area contributed by atoms with Crippen LogP contribution in [0.15, 0.2) is 54.9 Å². The van der Waals surface area contributed by atoms with Gasteiger partial charge in [-0.25, -0.2) is 4.39 Å². The lowest BCUT2D eigenvalue weighted by Gasteiger charge is -2.11. The second kappa shape index (κ2) is 5.55. The van der Waals surface area contributed by atoms with E-state index in [1.165, 1.54) is 11.3 Å². The van der Waals surface area contributed by atoms with Crippen LogP contribution < -0.4 is 0 Å². The molecule has 0 aliphatic carbocycles. The highest BCUT2D eigenvalue weighted by Crippen LogP contribution is 2.31. The molecule has 4 rings (SSSR count). The maximum atomic E-state index is 14.5. The second-order valence-corrected chi connectivity index (χ2v) is 6.31. The smallest absolute Gasteiger partial charge is 0.206 e. The van der Waals surface area contributed by atoms with Gasteiger partial charge in [0.2, 0.25) is 4.96 Å². The number of benzene rings is 2. The molecule has 4 nitrogen and oxygen atoms in total. The monoisotopic (exact) mass is 324 g/mol. The number of nitrogens with zero attached hydrogens (tertiary/aromatic N) is 4. The van der Waals surface area contributed by atoms with Gasteiger partial charge in [0.25, 0.3) is 0 Å². The molecule has 0 aliphatic rings. The van der Waals surface area contributed by atoms with Crippen LogP contribution in [0.2, 0.25) is 0 Å². The summed E-state index contributed by atoms with van der Waals surface area (Å²) in [4.78, 5) is 0.744. The third-order valence-electron chi connectivity index (χ3n) is 3.85. The molecular formula is C17H13FN4S. The highest BCUT2D eigenvalue weighted by atomic mass is 32.1. The van der Waals surface area contributed by atoms with Crippen molar-refractivity contribution in [2.75, 3.05) is 0 Å². The van der Waals surface area contributed by atoms with Crippen molar-refractivity contribution in [3.63, 3.8) is 0 Å². The zero-order valence-corrected chi connectivity index (χ0v) is 13.2. The lowest BCUT2D eigenvalue weighted by atomic mass is 9.97. The molecule has 0 fully saturated rings. The number of hydrogen-bond acceptors (Lipinski definition) is 4. The minimum atomic E-state index is -0.219. The van der Waals surface area contributed by atoms with E-state index in [2.05, 4.69) is 15.3 Å². The van der Waals surface area contributed by atoms with Gasteiger partial charge < -0.3 is 0 Å². The molecule has 0 radical (unpaired) electrons. The van der Waals surface area contributed by atoms with E-state index in [0.717, 1.165) is 21.1 Å². The van der Waals surface area contributed by atoms with Crippen LogP contribution in [0.4, 0.5) is 4.39 Å². The topological polar surface area (TPSA) is 43.1 Å². The zero-order valence-electron chi connectivity index (χ0n) is 12.3. The molecular weight excluding hydrogens is 311 g/mol. The maximum Gasteiger partial charge on any atom is 0.234 e. The van der Waals surface area contributed by atoms with Crippen LogP contribution in [0.25, 0.3) is 16.1 Å². The summed E-state index contributed by atoms with van der Waals surface area (Å²) in [6.45, 7) is 2.02. The molecule has 0 saturated carbocycles. The van der Waals surface area contributed by atoms with E-state index in [0.29, 0.717) is 5.56 Å². The van der Waals surface area contributed by atoms with Crippen molar-refractivity contribution in [2.24, 2.45) is 0 Å². The Morgan fingerprint density at radius 3 is 2.70 bits per heavy atom. The first-order chi connectivity index (χ1) is 11.2. The fourth-order valence-electron chi connectivity index (χ4n) is 2.55. The van der Waals surface area contributed by atoms with E-state index in [4.69, 9.17) is 0 Å². The molecule has 2 aromatic carbocycles. The summed E-state index contributed by atoms with van der Waals surface area (Å²) in [5.41, 5.74) is 2.38. The van der Waals surface area contributed by atoms with Crippen molar-refractivity contribution < 1.29 is 4.39 Å². The molecule has 0 amide bonds. The zero-order chi connectivity index (χ0) is 15.8. The van der Waals surface area contributed by atoms with Crippen molar-refractivity contribution in [2.45, 2.75) is 12.8 Å². The quantitative estimate of drug-likeness (QED) is 0.569. The Labute approximate surface area is 136 Å². The van der Waals surface area contributed by atoms with Crippen LogP contribution in [-0.2, 0) is 0 Å². The largest absolute Gasteiger partial charge is 0.234 e. The molecule has 1 unspecified atom stereocenters. The van der Waals surface area contributed by atoms with Crippen LogP contribution in [0.5, 0.6) is 0 Å². The molecule has 1 atom stereocenters. The van der Waals surface area contributed by atoms with Crippen molar-refractivity contribution in [3.8, 4) is 11.1 Å². The van der Waals surface area contributed by atoms with Crippen molar-refractivity contribution >= 4 is 16.3 Å². The van der Waals surface area contributed by atoms with Gasteiger partial charge in [-0.05, 0) is 17.2 Å². The Morgan fingerprint density at radius 2 is 1.96 bits per heavy atom. The number of aromatic nitrogens is 4. The summed E-state index contributed by atoms with van der Waals surface area (Å²) in [6.07, 6.45) is 1.57. The summed E-state index contributed by atoms with van der Waals surface area (Å²) in [6, 6.07) is 14.9. The Morgan fingerprint density at radius 1 is 1.13 bits per heavy atom. The summed E-state index contributed by atoms with van der Waals surface area (Å²) < 4.78 is 16.2. The maximum absolute atomic E-state index is 14.5. The minimum absolute atomic E-state index is 0.000948. The first kappa shape index (κ1) is 14.0. The Kier molecular flexibility index (Phi) is 3.38. The molecule has 0 bridgehead atoms. The standard InChI is InChI=1S/C17H13FN4S/c1-11(16-21-22-10-19-20-17(22)23-16)13-7-8-14(15(18)9-13)12-5-3-2-4-6-12/h2-11H,1H3. The van der Waals surface area contributed by atoms with Gasteiger partial charge in [-0.1, -0.05) is 60.7 Å². The van der Waals surface area contributed by atoms with Gasteiger partial charge in [0.05, 0.1) is 0 Å². The minimum Gasteiger partial charge on any atom is -0.206 e. The lowest BCUT2D eigenvalue weighted by molar-refractivity contribution is 0.627. The summed E-state index contributed by atoms with van der Waals surface area (Å²) in [7, 11) is 0. The SMILES string of the molecule is CC(c1ccc(-c2ccccc2)c(F)c1)c1nn2cnnc2s1. The van der Waals surface area contributed by atoms with Gasteiger partial charge in [-0.15, -0.1) is 10.2 Å². The van der Waals surface area contributed by atoms with E-state index in [1.807, 2.05) is 49.4 Å². The molecule has 0 spiro atoms. The average molecular weight is 324 g/mol. The van der Waals surface area contributed by atoms with Crippen LogP contribution >= 0.6 is 11.3 Å². The summed E-state index contributed by atoms with van der Waals surface area (Å²) in [5.74, 6) is -0.218. The number of rotatable bonds is 3. The first-order valence-electron chi connectivity index (χ1n) is 7.24. The molecule has 0 saturated heterocycles. The van der Waals surface area contributed by atoms with Crippen LogP contribution in [-0.4, -0.2) is 19.8 Å². The molecule has 2 heterocycles. The van der Waals surface area contributed by atoms with Gasteiger partial charge in [0.1, 0.15) is 17.2 Å². The first-order valence-corrected chi connectivity index (χ1v) is 8.05. The highest BCUT2D eigenvalue weighted by Gasteiger charge is 2.17. The predicted octanol–water partition coefficient (Wildman–Crippen LogP) is 4.14. The lowest BCUT2D eigenvalue weighted by Crippen LogP contribution is -1.98. The van der Waals surface area contributed by atoms with E-state index in [-0.39, 0.29) is 11.7 Å². The Hall–Kier alpha value is -2.60. The van der Waals surface area contributed by atoms with Crippen LogP contribution in [0, 0.1) is 5.82 Å². The molecule has 0 N–H and O–H groups in total. The van der Waals surface area contributed by atoms with E-state index < -0.39 is 0 Å². The van der Waals surface area contributed by atoms with E-state index in [1.54, 1.807) is 16.9 Å². The van der Waals surface area contributed by atoms with E-state index in [9.17, 15) is 4.39 Å². The normalized spacial score (nSPS) is 12.6. The van der Waals surface area contributed by atoms with Crippen molar-refractivity contribution in [1.29, 1.82) is 0 Å². The fraction of sp³-hybridized carbons (Fsp3) is 0.118. The van der Waals surface area contributed by atoms with Gasteiger partial charge >= 0.3 is 0 Å². The van der Waals surface area contributed by atoms with Gasteiger partial charge in [-0.2, -0.15) is 9.61 Å². The van der Waals surface area contributed by atoms with Gasteiger partial charge in [-0.3, -0.25) is 0 Å². The van der Waals surface area contributed by atoms with Crippen molar-refractivity contribution in [3.05, 3.63) is 71.2 Å². The number of halogens is 1. The van der Waals surface area contributed by atoms with Crippen molar-refractivity contribution in [1.82, 2.24) is 19.8 Å².